The predicted molar refractivity (Wildman–Crippen MR) is 134 cm³/mol. The van der Waals surface area contributed by atoms with Gasteiger partial charge in [0.25, 0.3) is 0 Å². The van der Waals surface area contributed by atoms with Crippen molar-refractivity contribution in [2.24, 2.45) is 0 Å². The van der Waals surface area contributed by atoms with Crippen LogP contribution in [0, 0.1) is 5.82 Å². The lowest BCUT2D eigenvalue weighted by Gasteiger charge is -2.18. The van der Waals surface area contributed by atoms with Crippen LogP contribution in [0.5, 0.6) is 0 Å². The van der Waals surface area contributed by atoms with Gasteiger partial charge in [-0.2, -0.15) is 5.10 Å². The molecule has 17 heteroatoms. The molecule has 1 aromatic carbocycles. The molecular formula is C21H26ClFN4O9P2. The lowest BCUT2D eigenvalue weighted by Crippen LogP contribution is -2.33. The van der Waals surface area contributed by atoms with Crippen molar-refractivity contribution in [2.75, 3.05) is 17.8 Å². The summed E-state index contributed by atoms with van der Waals surface area (Å²) >= 11 is 6.23. The number of pyridine rings is 1. The van der Waals surface area contributed by atoms with Crippen LogP contribution >= 0.6 is 26.8 Å². The van der Waals surface area contributed by atoms with Gasteiger partial charge in [0.05, 0.1) is 23.9 Å². The maximum absolute atomic E-state index is 14.1. The van der Waals surface area contributed by atoms with Gasteiger partial charge in [-0.25, -0.2) is 14.1 Å². The van der Waals surface area contributed by atoms with Crippen LogP contribution in [0.15, 0.2) is 36.5 Å². The fraction of sp³-hybridized carbons (Fsp3) is 0.429. The molecular weight excluding hydrogens is 569 g/mol. The summed E-state index contributed by atoms with van der Waals surface area (Å²) in [5.74, 6) is -1.73. The monoisotopic (exact) mass is 594 g/mol. The number of aliphatic hydroxyl groups excluding tert-OH is 2. The van der Waals surface area contributed by atoms with Crippen molar-refractivity contribution < 1.29 is 47.7 Å². The largest absolute Gasteiger partial charge is 0.387 e. The molecule has 38 heavy (non-hydrogen) atoms. The Kier molecular flexibility index (Phi) is 8.61. The van der Waals surface area contributed by atoms with Crippen molar-refractivity contribution in [3.63, 3.8) is 0 Å². The van der Waals surface area contributed by atoms with E-state index in [-0.39, 0.29) is 22.7 Å². The van der Waals surface area contributed by atoms with Crippen molar-refractivity contribution in [3.05, 3.63) is 53.1 Å². The Labute approximate surface area is 220 Å². The topological polar surface area (TPSA) is 196 Å². The number of anilines is 1. The average molecular weight is 595 g/mol. The van der Waals surface area contributed by atoms with E-state index in [1.54, 1.807) is 24.3 Å². The minimum atomic E-state index is -4.85. The van der Waals surface area contributed by atoms with Crippen LogP contribution in [0.4, 0.5) is 10.1 Å². The lowest BCUT2D eigenvalue weighted by atomic mass is 10.1. The molecule has 0 aliphatic carbocycles. The van der Waals surface area contributed by atoms with Gasteiger partial charge in [-0.1, -0.05) is 29.8 Å². The van der Waals surface area contributed by atoms with Gasteiger partial charge in [0.15, 0.2) is 17.8 Å². The molecule has 1 saturated heterocycles. The second kappa shape index (κ2) is 11.3. The number of nitrogens with one attached hydrogen (secondary N) is 1. The lowest BCUT2D eigenvalue weighted by molar-refractivity contribution is -0.0541. The maximum Gasteiger partial charge on any atom is 0.340 e. The van der Waals surface area contributed by atoms with E-state index >= 15 is 0 Å². The SMILES string of the molecule is C[C@@H](Cc1ccccc1F)Nc1cc(Cl)nc2c1cnn2[C@@H]1O[C@H](COP(=O)(O)CP(=O)(O)O)[C@@H](O)[C@H]1O. The summed E-state index contributed by atoms with van der Waals surface area (Å²) in [5.41, 5.74) is 1.24. The molecule has 0 bridgehead atoms. The van der Waals surface area contributed by atoms with E-state index in [2.05, 4.69) is 15.4 Å². The molecule has 2 aromatic heterocycles. The number of nitrogens with zero attached hydrogens (tertiary/aromatic N) is 3. The zero-order valence-electron chi connectivity index (χ0n) is 19.8. The molecule has 1 unspecified atom stereocenters. The summed E-state index contributed by atoms with van der Waals surface area (Å²) < 4.78 is 48.5. The molecule has 1 aliphatic heterocycles. The van der Waals surface area contributed by atoms with Gasteiger partial charge < -0.3 is 39.5 Å². The fourth-order valence-corrected chi connectivity index (χ4v) is 6.89. The van der Waals surface area contributed by atoms with Gasteiger partial charge >= 0.3 is 15.2 Å². The van der Waals surface area contributed by atoms with Crippen LogP contribution in [0.3, 0.4) is 0 Å². The zero-order chi connectivity index (χ0) is 27.8. The molecule has 6 N–H and O–H groups in total. The number of aliphatic hydroxyl groups is 2. The van der Waals surface area contributed by atoms with Crippen molar-refractivity contribution in [2.45, 2.75) is 43.9 Å². The molecule has 3 aromatic rings. The molecule has 4 rings (SSSR count). The highest BCUT2D eigenvalue weighted by atomic mass is 35.5. The minimum Gasteiger partial charge on any atom is -0.387 e. The van der Waals surface area contributed by atoms with Gasteiger partial charge in [0, 0.05) is 6.04 Å². The van der Waals surface area contributed by atoms with Crippen molar-refractivity contribution >= 4 is 43.5 Å². The van der Waals surface area contributed by atoms with E-state index in [1.807, 2.05) is 6.92 Å². The number of benzene rings is 1. The quantitative estimate of drug-likeness (QED) is 0.148. The number of halogens is 2. The zero-order valence-corrected chi connectivity index (χ0v) is 22.4. The number of hydrogen-bond donors (Lipinski definition) is 6. The Balaban J connectivity index is 1.52. The smallest absolute Gasteiger partial charge is 0.340 e. The summed E-state index contributed by atoms with van der Waals surface area (Å²) in [7, 11) is -9.55. The summed E-state index contributed by atoms with van der Waals surface area (Å²) in [4.78, 5) is 31.8. The van der Waals surface area contributed by atoms with E-state index in [1.165, 1.54) is 16.9 Å². The van der Waals surface area contributed by atoms with Crippen LogP contribution in [-0.4, -0.2) is 76.5 Å². The van der Waals surface area contributed by atoms with E-state index in [4.69, 9.17) is 30.6 Å². The van der Waals surface area contributed by atoms with E-state index in [0.717, 1.165) is 0 Å². The predicted octanol–water partition coefficient (Wildman–Crippen LogP) is 2.22. The van der Waals surface area contributed by atoms with Crippen molar-refractivity contribution in [1.29, 1.82) is 0 Å². The van der Waals surface area contributed by atoms with Gasteiger partial charge in [-0.3, -0.25) is 9.13 Å². The molecule has 0 saturated carbocycles. The second-order valence-corrected chi connectivity index (χ2v) is 13.3. The summed E-state index contributed by atoms with van der Waals surface area (Å²) in [6, 6.07) is 7.75. The van der Waals surface area contributed by atoms with Gasteiger partial charge in [0.1, 0.15) is 29.3 Å². The Morgan fingerprint density at radius 2 is 1.95 bits per heavy atom. The second-order valence-electron chi connectivity index (χ2n) is 8.95. The normalized spacial score (nSPS) is 24.4. The Morgan fingerprint density at radius 1 is 1.24 bits per heavy atom. The first-order valence-electron chi connectivity index (χ1n) is 11.3. The number of fused-ring (bicyclic) bond motifs is 1. The maximum atomic E-state index is 14.1. The minimum absolute atomic E-state index is 0.0754. The highest BCUT2D eigenvalue weighted by Crippen LogP contribution is 2.55. The van der Waals surface area contributed by atoms with Crippen molar-refractivity contribution in [1.82, 2.24) is 14.8 Å². The number of hydrogen-bond acceptors (Lipinski definition) is 9. The Morgan fingerprint density at radius 3 is 2.63 bits per heavy atom. The third-order valence-corrected chi connectivity index (χ3v) is 9.45. The van der Waals surface area contributed by atoms with Crippen LogP contribution in [0.2, 0.25) is 5.15 Å². The summed E-state index contributed by atoms with van der Waals surface area (Å²) in [6.07, 6.45) is -3.98. The summed E-state index contributed by atoms with van der Waals surface area (Å²) in [6.45, 7) is 1.12. The molecule has 13 nitrogen and oxygen atoms in total. The Bertz CT molecular complexity index is 1410. The van der Waals surface area contributed by atoms with Crippen LogP contribution in [0.25, 0.3) is 11.0 Å². The standard InChI is InChI=1S/C21H26ClFN4O9P2/c1-11(6-12-4-2-3-5-14(12)23)25-15-7-17(22)26-20-13(15)8-24-27(20)21-19(29)18(28)16(36-21)9-35-38(33,34)10-37(30,31)32/h2-5,7-8,11,16,18-19,21,28-29H,6,9-10H2,1H3,(H,25,26)(H,33,34)(H2,30,31,32)/t11-,16+,18+,19+,21+/m0/s1. The molecule has 0 amide bonds. The highest BCUT2D eigenvalue weighted by molar-refractivity contribution is 7.70. The van der Waals surface area contributed by atoms with Crippen LogP contribution < -0.4 is 5.32 Å². The number of aromatic nitrogens is 3. The first-order valence-corrected chi connectivity index (χ1v) is 15.2. The van der Waals surface area contributed by atoms with Gasteiger partial charge in [0.2, 0.25) is 0 Å². The fourth-order valence-electron chi connectivity index (χ4n) is 4.14. The van der Waals surface area contributed by atoms with E-state index in [0.29, 0.717) is 23.1 Å². The number of ether oxygens (including phenoxy) is 1. The molecule has 1 fully saturated rings. The van der Waals surface area contributed by atoms with E-state index < -0.39 is 52.2 Å². The first kappa shape index (κ1) is 29.0. The molecule has 0 spiro atoms. The highest BCUT2D eigenvalue weighted by Gasteiger charge is 2.46. The molecule has 1 aliphatic rings. The third kappa shape index (κ3) is 6.78. The Hall–Kier alpha value is -1.96. The average Bonchev–Trinajstić information content (AvgIpc) is 3.33. The third-order valence-electron chi connectivity index (χ3n) is 5.80. The van der Waals surface area contributed by atoms with Crippen molar-refractivity contribution in [3.8, 4) is 0 Å². The molecule has 208 valence electrons. The first-order chi connectivity index (χ1) is 17.7. The summed E-state index contributed by atoms with van der Waals surface area (Å²) in [5, 5.41) is 29.0. The molecule has 3 heterocycles. The van der Waals surface area contributed by atoms with Gasteiger partial charge in [-0.15, -0.1) is 0 Å². The van der Waals surface area contributed by atoms with Crippen LogP contribution in [0.1, 0.15) is 18.7 Å². The molecule has 6 atom stereocenters. The van der Waals surface area contributed by atoms with Crippen LogP contribution in [-0.2, 0) is 24.8 Å². The molecule has 0 radical (unpaired) electrons. The number of rotatable bonds is 10. The van der Waals surface area contributed by atoms with E-state index in [9.17, 15) is 28.6 Å². The van der Waals surface area contributed by atoms with Gasteiger partial charge in [-0.05, 0) is 31.0 Å².